The van der Waals surface area contributed by atoms with Crippen LogP contribution in [0.5, 0.6) is 0 Å². The maximum Gasteiger partial charge on any atom is 0.0661 e. The normalized spacial score (nSPS) is 37.6. The van der Waals surface area contributed by atoms with Gasteiger partial charge in [-0.05, 0) is 65.0 Å². The van der Waals surface area contributed by atoms with Crippen molar-refractivity contribution in [1.29, 1.82) is 0 Å². The number of hydrogen-bond donors (Lipinski definition) is 1. The molecular weight excluding hydrogens is 248 g/mol. The van der Waals surface area contributed by atoms with Gasteiger partial charge >= 0.3 is 0 Å². The van der Waals surface area contributed by atoms with Crippen LogP contribution in [-0.2, 0) is 4.74 Å². The second-order valence-electron chi connectivity index (χ2n) is 7.53. The quantitative estimate of drug-likeness (QED) is 0.836. The van der Waals surface area contributed by atoms with E-state index in [9.17, 15) is 0 Å². The second kappa shape index (κ2) is 5.26. The summed E-state index contributed by atoms with van der Waals surface area (Å²) in [6.45, 7) is 5.69. The number of rotatable bonds is 5. The molecule has 3 nitrogen and oxygen atoms in total. The highest BCUT2D eigenvalue weighted by Gasteiger charge is 2.59. The van der Waals surface area contributed by atoms with Crippen LogP contribution in [0, 0.1) is 5.41 Å². The third kappa shape index (κ3) is 2.22. The van der Waals surface area contributed by atoms with Gasteiger partial charge in [-0.1, -0.05) is 6.42 Å². The lowest BCUT2D eigenvalue weighted by molar-refractivity contribution is -0.175. The topological polar surface area (TPSA) is 24.5 Å². The van der Waals surface area contributed by atoms with Crippen LogP contribution in [0.1, 0.15) is 58.3 Å². The number of ether oxygens (including phenoxy) is 1. The van der Waals surface area contributed by atoms with Crippen molar-refractivity contribution in [2.24, 2.45) is 5.41 Å². The van der Waals surface area contributed by atoms with Gasteiger partial charge in [0.2, 0.25) is 0 Å². The lowest BCUT2D eigenvalue weighted by Crippen LogP contribution is -2.68. The Bertz CT molecular complexity index is 343. The predicted octanol–water partition coefficient (Wildman–Crippen LogP) is 2.55. The highest BCUT2D eigenvalue weighted by Crippen LogP contribution is 2.57. The van der Waals surface area contributed by atoms with E-state index in [4.69, 9.17) is 4.74 Å². The molecule has 3 aliphatic carbocycles. The van der Waals surface area contributed by atoms with Gasteiger partial charge in [-0.3, -0.25) is 0 Å². The average Bonchev–Trinajstić information content (AvgIpc) is 3.20. The Balaban J connectivity index is 1.27. The molecule has 0 amide bonds. The highest BCUT2D eigenvalue weighted by atomic mass is 16.5. The van der Waals surface area contributed by atoms with Crippen molar-refractivity contribution in [2.75, 3.05) is 19.7 Å². The van der Waals surface area contributed by atoms with Crippen LogP contribution in [0.25, 0.3) is 0 Å². The first-order chi connectivity index (χ1) is 9.82. The van der Waals surface area contributed by atoms with E-state index in [1.54, 1.807) is 0 Å². The van der Waals surface area contributed by atoms with Gasteiger partial charge in [-0.15, -0.1) is 0 Å². The van der Waals surface area contributed by atoms with Gasteiger partial charge in [0.05, 0.1) is 6.10 Å². The van der Waals surface area contributed by atoms with Gasteiger partial charge in [-0.25, -0.2) is 0 Å². The van der Waals surface area contributed by atoms with Crippen LogP contribution in [0.4, 0.5) is 0 Å². The van der Waals surface area contributed by atoms with Crippen molar-refractivity contribution in [3.63, 3.8) is 0 Å². The second-order valence-corrected chi connectivity index (χ2v) is 7.53. The van der Waals surface area contributed by atoms with Gasteiger partial charge in [-0.2, -0.15) is 0 Å². The molecule has 3 saturated carbocycles. The zero-order valence-electron chi connectivity index (χ0n) is 12.9. The molecule has 4 rings (SSSR count). The summed E-state index contributed by atoms with van der Waals surface area (Å²) in [5.41, 5.74) is 0.531. The molecule has 1 heterocycles. The molecular formula is C17H30N2O. The zero-order valence-corrected chi connectivity index (χ0v) is 12.9. The van der Waals surface area contributed by atoms with E-state index in [2.05, 4.69) is 17.1 Å². The van der Waals surface area contributed by atoms with E-state index < -0.39 is 0 Å². The third-order valence-corrected chi connectivity index (χ3v) is 6.47. The fourth-order valence-corrected chi connectivity index (χ4v) is 4.83. The minimum Gasteiger partial charge on any atom is -0.378 e. The molecule has 0 bridgehead atoms. The highest BCUT2D eigenvalue weighted by molar-refractivity contribution is 5.12. The number of hydrogen-bond acceptors (Lipinski definition) is 3. The minimum absolute atomic E-state index is 0.531. The molecule has 2 unspecified atom stereocenters. The van der Waals surface area contributed by atoms with Gasteiger partial charge in [0.15, 0.2) is 0 Å². The first-order valence-electron chi connectivity index (χ1n) is 8.93. The first kappa shape index (κ1) is 13.5. The third-order valence-electron chi connectivity index (χ3n) is 6.47. The SMILES string of the molecule is CCOC1CC(NC2CCN(C3CC3)CC2)C12CCC2. The van der Waals surface area contributed by atoms with Crippen LogP contribution < -0.4 is 5.32 Å². The van der Waals surface area contributed by atoms with Crippen LogP contribution in [0.3, 0.4) is 0 Å². The fourth-order valence-electron chi connectivity index (χ4n) is 4.83. The summed E-state index contributed by atoms with van der Waals surface area (Å²) in [4.78, 5) is 2.72. The molecule has 20 heavy (non-hydrogen) atoms. The number of likely N-dealkylation sites (tertiary alicyclic amines) is 1. The summed E-state index contributed by atoms with van der Waals surface area (Å²) in [6, 6.07) is 2.49. The molecule has 0 aromatic rings. The minimum atomic E-state index is 0.531. The predicted molar refractivity (Wildman–Crippen MR) is 80.9 cm³/mol. The Morgan fingerprint density at radius 3 is 2.45 bits per heavy atom. The summed E-state index contributed by atoms with van der Waals surface area (Å²) < 4.78 is 5.96. The molecule has 4 fully saturated rings. The summed E-state index contributed by atoms with van der Waals surface area (Å²) in [6.07, 6.45) is 11.7. The molecule has 1 N–H and O–H groups in total. The van der Waals surface area contributed by atoms with E-state index in [1.807, 2.05) is 0 Å². The number of nitrogens with one attached hydrogen (secondary N) is 1. The van der Waals surface area contributed by atoms with E-state index in [0.717, 1.165) is 24.7 Å². The van der Waals surface area contributed by atoms with Gasteiger partial charge < -0.3 is 15.0 Å². The molecule has 0 aromatic heterocycles. The van der Waals surface area contributed by atoms with Crippen LogP contribution >= 0.6 is 0 Å². The molecule has 1 aliphatic heterocycles. The monoisotopic (exact) mass is 278 g/mol. The first-order valence-corrected chi connectivity index (χ1v) is 8.93. The Morgan fingerprint density at radius 1 is 1.15 bits per heavy atom. The van der Waals surface area contributed by atoms with Gasteiger partial charge in [0.25, 0.3) is 0 Å². The molecule has 3 heteroatoms. The molecule has 2 atom stereocenters. The van der Waals surface area contributed by atoms with Crippen molar-refractivity contribution < 1.29 is 4.74 Å². The van der Waals surface area contributed by atoms with Crippen LogP contribution in [0.2, 0.25) is 0 Å². The number of piperidine rings is 1. The molecule has 1 saturated heterocycles. The molecule has 4 aliphatic rings. The maximum atomic E-state index is 5.96. The van der Waals surface area contributed by atoms with Crippen LogP contribution in [0.15, 0.2) is 0 Å². The Labute approximate surface area is 123 Å². The Kier molecular flexibility index (Phi) is 3.56. The lowest BCUT2D eigenvalue weighted by atomic mass is 9.51. The van der Waals surface area contributed by atoms with E-state index in [-0.39, 0.29) is 0 Å². The van der Waals surface area contributed by atoms with Crippen molar-refractivity contribution in [2.45, 2.75) is 82.5 Å². The Morgan fingerprint density at radius 2 is 1.90 bits per heavy atom. The molecule has 0 radical (unpaired) electrons. The van der Waals surface area contributed by atoms with Crippen molar-refractivity contribution in [3.8, 4) is 0 Å². The smallest absolute Gasteiger partial charge is 0.0661 e. The standard InChI is InChI=1S/C17H30N2O/c1-2-20-16-12-15(17(16)8-3-9-17)18-13-6-10-19(11-7-13)14-4-5-14/h13-16,18H,2-12H2,1H3. The van der Waals surface area contributed by atoms with Gasteiger partial charge in [0.1, 0.15) is 0 Å². The fraction of sp³-hybridized carbons (Fsp3) is 1.00. The zero-order chi connectivity index (χ0) is 13.6. The van der Waals surface area contributed by atoms with E-state index in [1.165, 1.54) is 64.5 Å². The van der Waals surface area contributed by atoms with Crippen LogP contribution in [-0.4, -0.2) is 48.8 Å². The summed E-state index contributed by atoms with van der Waals surface area (Å²) in [5, 5.41) is 4.01. The van der Waals surface area contributed by atoms with Crippen molar-refractivity contribution in [3.05, 3.63) is 0 Å². The molecule has 114 valence electrons. The Hall–Kier alpha value is -0.120. The summed E-state index contributed by atoms with van der Waals surface area (Å²) in [5.74, 6) is 0. The molecule has 0 aromatic carbocycles. The maximum absolute atomic E-state index is 5.96. The molecule has 1 spiro atoms. The van der Waals surface area contributed by atoms with E-state index >= 15 is 0 Å². The summed E-state index contributed by atoms with van der Waals surface area (Å²) in [7, 11) is 0. The van der Waals surface area contributed by atoms with E-state index in [0.29, 0.717) is 11.5 Å². The summed E-state index contributed by atoms with van der Waals surface area (Å²) >= 11 is 0. The number of nitrogens with zero attached hydrogens (tertiary/aromatic N) is 1. The lowest BCUT2D eigenvalue weighted by Gasteiger charge is -2.62. The largest absolute Gasteiger partial charge is 0.378 e. The average molecular weight is 278 g/mol. The van der Waals surface area contributed by atoms with Crippen molar-refractivity contribution >= 4 is 0 Å². The van der Waals surface area contributed by atoms with Crippen molar-refractivity contribution in [1.82, 2.24) is 10.2 Å². The van der Waals surface area contributed by atoms with Gasteiger partial charge in [0, 0.05) is 30.1 Å².